The van der Waals surface area contributed by atoms with Gasteiger partial charge in [-0.25, -0.2) is 18.2 Å². The fourth-order valence-corrected chi connectivity index (χ4v) is 3.17. The average molecular weight is 312 g/mol. The third-order valence-corrected chi connectivity index (χ3v) is 3.99. The maximum absolute atomic E-state index is 11.2. The fourth-order valence-electron chi connectivity index (χ4n) is 1.71. The molecule has 106 valence electrons. The van der Waals surface area contributed by atoms with Crippen molar-refractivity contribution >= 4 is 33.0 Å². The van der Waals surface area contributed by atoms with Crippen molar-refractivity contribution in [2.24, 2.45) is 0 Å². The van der Waals surface area contributed by atoms with E-state index in [1.807, 2.05) is 0 Å². The highest BCUT2D eigenvalue weighted by atomic mass is 32.2. The summed E-state index contributed by atoms with van der Waals surface area (Å²) in [7, 11) is -3.38. The molecule has 6 nitrogen and oxygen atoms in total. The smallest absolute Gasteiger partial charge is 0.356 e. The zero-order valence-electron chi connectivity index (χ0n) is 10.7. The largest absolute Gasteiger partial charge is 0.476 e. The van der Waals surface area contributed by atoms with Crippen molar-refractivity contribution < 1.29 is 18.3 Å². The molecule has 2 aromatic rings. The molecule has 0 saturated carbocycles. The summed E-state index contributed by atoms with van der Waals surface area (Å²) >= 11 is 1.25. The van der Waals surface area contributed by atoms with Gasteiger partial charge in [-0.05, 0) is 24.6 Å². The van der Waals surface area contributed by atoms with Crippen LogP contribution in [0.1, 0.15) is 15.5 Å². The molecule has 1 aromatic heterocycles. The van der Waals surface area contributed by atoms with Crippen molar-refractivity contribution in [3.63, 3.8) is 0 Å². The minimum absolute atomic E-state index is 0.0241. The van der Waals surface area contributed by atoms with Crippen LogP contribution in [-0.2, 0) is 10.0 Å². The molecule has 0 fully saturated rings. The summed E-state index contributed by atoms with van der Waals surface area (Å²) in [5.41, 5.74) is 0.970. The molecule has 0 unspecified atom stereocenters. The number of hydrogen-bond donors (Lipinski definition) is 2. The molecule has 0 aliphatic heterocycles. The van der Waals surface area contributed by atoms with E-state index in [0.717, 1.165) is 6.26 Å². The molecule has 2 rings (SSSR count). The summed E-state index contributed by atoms with van der Waals surface area (Å²) in [4.78, 5) is 15.6. The minimum Gasteiger partial charge on any atom is -0.476 e. The first-order valence-electron chi connectivity index (χ1n) is 5.55. The Bertz CT molecular complexity index is 766. The topological polar surface area (TPSA) is 96.4 Å². The molecule has 1 heterocycles. The van der Waals surface area contributed by atoms with E-state index in [-0.39, 0.29) is 5.69 Å². The van der Waals surface area contributed by atoms with Gasteiger partial charge in [0.05, 0.1) is 16.1 Å². The SMILES string of the molecule is Cc1nc(C(=O)O)c(-c2cccc(NS(C)(=O)=O)c2)s1. The van der Waals surface area contributed by atoms with Crippen LogP contribution in [0.5, 0.6) is 0 Å². The van der Waals surface area contributed by atoms with Crippen LogP contribution in [0.3, 0.4) is 0 Å². The molecule has 20 heavy (non-hydrogen) atoms. The number of nitrogens with one attached hydrogen (secondary N) is 1. The van der Waals surface area contributed by atoms with Crippen molar-refractivity contribution in [3.05, 3.63) is 35.0 Å². The summed E-state index contributed by atoms with van der Waals surface area (Å²) in [6.07, 6.45) is 1.05. The van der Waals surface area contributed by atoms with Gasteiger partial charge in [-0.2, -0.15) is 0 Å². The molecular weight excluding hydrogens is 300 g/mol. The Hall–Kier alpha value is -1.93. The van der Waals surface area contributed by atoms with Crippen LogP contribution in [0, 0.1) is 6.92 Å². The lowest BCUT2D eigenvalue weighted by Crippen LogP contribution is -2.09. The first-order valence-corrected chi connectivity index (χ1v) is 8.26. The second-order valence-corrected chi connectivity index (χ2v) is 7.12. The van der Waals surface area contributed by atoms with Gasteiger partial charge in [0.2, 0.25) is 10.0 Å². The summed E-state index contributed by atoms with van der Waals surface area (Å²) in [5, 5.41) is 9.77. The molecule has 0 aliphatic rings. The first kappa shape index (κ1) is 14.5. The second-order valence-electron chi connectivity index (χ2n) is 4.17. The van der Waals surface area contributed by atoms with Crippen molar-refractivity contribution in [1.29, 1.82) is 0 Å². The average Bonchev–Trinajstić information content (AvgIpc) is 2.69. The van der Waals surface area contributed by atoms with Gasteiger partial charge in [-0.15, -0.1) is 11.3 Å². The summed E-state index contributed by atoms with van der Waals surface area (Å²) in [5.74, 6) is -1.11. The van der Waals surface area contributed by atoms with Crippen LogP contribution < -0.4 is 4.72 Å². The molecule has 0 atom stereocenters. The number of sulfonamides is 1. The molecule has 1 aromatic carbocycles. The van der Waals surface area contributed by atoms with Crippen LogP contribution >= 0.6 is 11.3 Å². The van der Waals surface area contributed by atoms with Crippen molar-refractivity contribution in [1.82, 2.24) is 4.98 Å². The fraction of sp³-hybridized carbons (Fsp3) is 0.167. The highest BCUT2D eigenvalue weighted by Gasteiger charge is 2.17. The lowest BCUT2D eigenvalue weighted by atomic mass is 10.1. The number of benzene rings is 1. The highest BCUT2D eigenvalue weighted by molar-refractivity contribution is 7.92. The van der Waals surface area contributed by atoms with E-state index in [1.54, 1.807) is 31.2 Å². The third kappa shape index (κ3) is 3.34. The highest BCUT2D eigenvalue weighted by Crippen LogP contribution is 2.31. The first-order chi connectivity index (χ1) is 9.26. The zero-order chi connectivity index (χ0) is 14.9. The lowest BCUT2D eigenvalue weighted by molar-refractivity contribution is 0.0692. The molecule has 0 bridgehead atoms. The number of thiazole rings is 1. The third-order valence-electron chi connectivity index (χ3n) is 2.36. The second kappa shape index (κ2) is 5.22. The quantitative estimate of drug-likeness (QED) is 0.902. The molecule has 0 amide bonds. The summed E-state index contributed by atoms with van der Waals surface area (Å²) < 4.78 is 24.8. The Labute approximate surface area is 120 Å². The normalized spacial score (nSPS) is 11.3. The van der Waals surface area contributed by atoms with E-state index in [2.05, 4.69) is 9.71 Å². The Morgan fingerprint density at radius 1 is 1.40 bits per heavy atom. The maximum atomic E-state index is 11.2. The molecule has 2 N–H and O–H groups in total. The summed E-state index contributed by atoms with van der Waals surface area (Å²) in [6.45, 7) is 1.72. The number of rotatable bonds is 4. The zero-order valence-corrected chi connectivity index (χ0v) is 12.4. The monoisotopic (exact) mass is 312 g/mol. The van der Waals surface area contributed by atoms with Crippen molar-refractivity contribution in [2.45, 2.75) is 6.92 Å². The van der Waals surface area contributed by atoms with E-state index in [0.29, 0.717) is 21.1 Å². The van der Waals surface area contributed by atoms with Gasteiger partial charge < -0.3 is 5.11 Å². The Morgan fingerprint density at radius 3 is 2.70 bits per heavy atom. The predicted molar refractivity (Wildman–Crippen MR) is 77.7 cm³/mol. The van der Waals surface area contributed by atoms with Crippen LogP contribution in [0.15, 0.2) is 24.3 Å². The summed E-state index contributed by atoms with van der Waals surface area (Å²) in [6, 6.07) is 6.55. The van der Waals surface area contributed by atoms with Crippen LogP contribution in [0.2, 0.25) is 0 Å². The van der Waals surface area contributed by atoms with Crippen LogP contribution in [0.25, 0.3) is 10.4 Å². The number of aromatic carboxylic acids is 1. The molecule has 0 saturated heterocycles. The Balaban J connectivity index is 2.49. The number of carbonyl (C=O) groups is 1. The van der Waals surface area contributed by atoms with Gasteiger partial charge in [0.25, 0.3) is 0 Å². The van der Waals surface area contributed by atoms with Gasteiger partial charge in [0, 0.05) is 5.69 Å². The van der Waals surface area contributed by atoms with Crippen molar-refractivity contribution in [2.75, 3.05) is 11.0 Å². The molecule has 0 aliphatic carbocycles. The maximum Gasteiger partial charge on any atom is 0.356 e. The lowest BCUT2D eigenvalue weighted by Gasteiger charge is -2.05. The van der Waals surface area contributed by atoms with Gasteiger partial charge in [-0.3, -0.25) is 4.72 Å². The standard InChI is InChI=1S/C12H12N2O4S2/c1-7-13-10(12(15)16)11(19-7)8-4-3-5-9(6-8)14-20(2,17)18/h3-6,14H,1-2H3,(H,15,16). The molecular formula is C12H12N2O4S2. The number of carboxylic acids is 1. The van der Waals surface area contributed by atoms with E-state index in [9.17, 15) is 13.2 Å². The molecule has 0 spiro atoms. The van der Waals surface area contributed by atoms with Gasteiger partial charge >= 0.3 is 5.97 Å². The van der Waals surface area contributed by atoms with E-state index >= 15 is 0 Å². The number of aromatic nitrogens is 1. The van der Waals surface area contributed by atoms with Gasteiger partial charge in [0.15, 0.2) is 5.69 Å². The van der Waals surface area contributed by atoms with E-state index < -0.39 is 16.0 Å². The Kier molecular flexibility index (Phi) is 3.78. The van der Waals surface area contributed by atoms with Gasteiger partial charge in [0.1, 0.15) is 0 Å². The Morgan fingerprint density at radius 2 is 2.10 bits per heavy atom. The van der Waals surface area contributed by atoms with Gasteiger partial charge in [-0.1, -0.05) is 12.1 Å². The molecule has 8 heteroatoms. The predicted octanol–water partition coefficient (Wildman–Crippen LogP) is 2.19. The van der Waals surface area contributed by atoms with Crippen LogP contribution in [0.4, 0.5) is 5.69 Å². The number of aryl methyl sites for hydroxylation is 1. The molecule has 0 radical (unpaired) electrons. The number of anilines is 1. The number of hydrogen-bond acceptors (Lipinski definition) is 5. The number of carboxylic acid groups (broad SMARTS) is 1. The minimum atomic E-state index is -3.38. The van der Waals surface area contributed by atoms with Crippen LogP contribution in [-0.4, -0.2) is 30.7 Å². The number of nitrogens with zero attached hydrogens (tertiary/aromatic N) is 1. The van der Waals surface area contributed by atoms with E-state index in [4.69, 9.17) is 5.11 Å². The van der Waals surface area contributed by atoms with E-state index in [1.165, 1.54) is 11.3 Å². The van der Waals surface area contributed by atoms with Crippen molar-refractivity contribution in [3.8, 4) is 10.4 Å².